The predicted octanol–water partition coefficient (Wildman–Crippen LogP) is 2.88. The van der Waals surface area contributed by atoms with E-state index in [2.05, 4.69) is 5.10 Å². The highest BCUT2D eigenvalue weighted by atomic mass is 35.5. The molecule has 0 aliphatic heterocycles. The van der Waals surface area contributed by atoms with Crippen LogP contribution in [0.15, 0.2) is 18.2 Å². The number of nitrogens with zero attached hydrogens (tertiary/aromatic N) is 2. The van der Waals surface area contributed by atoms with Gasteiger partial charge in [-0.05, 0) is 37.1 Å². The highest BCUT2D eigenvalue weighted by Gasteiger charge is 2.16. The average Bonchev–Trinajstić information content (AvgIpc) is 2.71. The van der Waals surface area contributed by atoms with Crippen molar-refractivity contribution in [2.24, 2.45) is 7.05 Å². The third kappa shape index (κ3) is 3.19. The van der Waals surface area contributed by atoms with E-state index in [9.17, 15) is 4.79 Å². The molecular formula is C15H18ClN3O2. The maximum absolute atomic E-state index is 12.1. The number of aryl methyl sites for hydroxylation is 3. The molecule has 0 aliphatic carbocycles. The number of nitrogens with two attached hydrogens (primary N) is 1. The van der Waals surface area contributed by atoms with Gasteiger partial charge in [0.2, 0.25) is 0 Å². The molecule has 5 nitrogen and oxygen atoms in total. The first-order valence-electron chi connectivity index (χ1n) is 6.67. The van der Waals surface area contributed by atoms with Crippen molar-refractivity contribution in [1.29, 1.82) is 0 Å². The maximum atomic E-state index is 12.1. The number of hydrogen-bond donors (Lipinski definition) is 1. The third-order valence-corrected chi connectivity index (χ3v) is 3.75. The van der Waals surface area contributed by atoms with Crippen molar-refractivity contribution in [1.82, 2.24) is 9.78 Å². The van der Waals surface area contributed by atoms with Crippen LogP contribution in [0.1, 0.15) is 34.2 Å². The molecule has 1 heterocycles. The maximum Gasteiger partial charge on any atom is 0.338 e. The molecule has 2 aromatic rings. The van der Waals surface area contributed by atoms with Crippen LogP contribution in [0.2, 0.25) is 5.02 Å². The van der Waals surface area contributed by atoms with Gasteiger partial charge in [-0.1, -0.05) is 18.5 Å². The normalized spacial score (nSPS) is 10.7. The lowest BCUT2D eigenvalue weighted by Gasteiger charge is -2.08. The number of hydrogen-bond acceptors (Lipinski definition) is 4. The third-order valence-electron chi connectivity index (χ3n) is 3.31. The zero-order valence-electron chi connectivity index (χ0n) is 12.3. The summed E-state index contributed by atoms with van der Waals surface area (Å²) in [7, 11) is 1.78. The number of esters is 1. The first-order chi connectivity index (χ1) is 9.93. The molecule has 2 N–H and O–H groups in total. The van der Waals surface area contributed by atoms with Crippen molar-refractivity contribution in [2.75, 3.05) is 5.73 Å². The SMILES string of the molecule is CCc1nn(C)c(COC(=O)c2ccc(N)cc2C)c1Cl. The molecule has 0 aliphatic rings. The van der Waals surface area contributed by atoms with Gasteiger partial charge in [0.05, 0.1) is 22.0 Å². The molecule has 0 bridgehead atoms. The van der Waals surface area contributed by atoms with Gasteiger partial charge in [-0.25, -0.2) is 4.79 Å². The lowest BCUT2D eigenvalue weighted by atomic mass is 10.1. The molecule has 0 radical (unpaired) electrons. The summed E-state index contributed by atoms with van der Waals surface area (Å²) in [6.07, 6.45) is 0.734. The molecule has 1 aromatic carbocycles. The van der Waals surface area contributed by atoms with Crippen molar-refractivity contribution in [3.63, 3.8) is 0 Å². The number of ether oxygens (including phenoxy) is 1. The molecule has 0 saturated heterocycles. The number of nitrogen functional groups attached to an aromatic ring is 1. The van der Waals surface area contributed by atoms with Crippen molar-refractivity contribution in [3.8, 4) is 0 Å². The molecule has 0 spiro atoms. The van der Waals surface area contributed by atoms with Gasteiger partial charge >= 0.3 is 5.97 Å². The Hall–Kier alpha value is -2.01. The van der Waals surface area contributed by atoms with Crippen LogP contribution in [0.3, 0.4) is 0 Å². The van der Waals surface area contributed by atoms with Crippen molar-refractivity contribution < 1.29 is 9.53 Å². The van der Waals surface area contributed by atoms with E-state index in [1.54, 1.807) is 29.9 Å². The summed E-state index contributed by atoms with van der Waals surface area (Å²) < 4.78 is 6.97. The highest BCUT2D eigenvalue weighted by molar-refractivity contribution is 6.31. The molecule has 112 valence electrons. The van der Waals surface area contributed by atoms with Crippen LogP contribution in [0.4, 0.5) is 5.69 Å². The van der Waals surface area contributed by atoms with Gasteiger partial charge in [-0.15, -0.1) is 0 Å². The van der Waals surface area contributed by atoms with Crippen molar-refractivity contribution in [3.05, 3.63) is 45.7 Å². The fourth-order valence-corrected chi connectivity index (χ4v) is 2.45. The summed E-state index contributed by atoms with van der Waals surface area (Å²) in [5.74, 6) is -0.400. The van der Waals surface area contributed by atoms with E-state index in [4.69, 9.17) is 22.1 Å². The van der Waals surface area contributed by atoms with E-state index in [-0.39, 0.29) is 6.61 Å². The lowest BCUT2D eigenvalue weighted by molar-refractivity contribution is 0.0463. The summed E-state index contributed by atoms with van der Waals surface area (Å²) in [5.41, 5.74) is 9.06. The Morgan fingerprint density at radius 3 is 2.76 bits per heavy atom. The van der Waals surface area contributed by atoms with E-state index in [1.165, 1.54) is 0 Å². The number of benzene rings is 1. The van der Waals surface area contributed by atoms with Crippen LogP contribution in [-0.2, 0) is 24.8 Å². The monoisotopic (exact) mass is 307 g/mol. The van der Waals surface area contributed by atoms with Gasteiger partial charge < -0.3 is 10.5 Å². The molecule has 0 fully saturated rings. The van der Waals surface area contributed by atoms with Crippen LogP contribution in [0, 0.1) is 6.92 Å². The fraction of sp³-hybridized carbons (Fsp3) is 0.333. The standard InChI is InChI=1S/C15H18ClN3O2/c1-4-12-14(16)13(19(3)18-12)8-21-15(20)11-6-5-10(17)7-9(11)2/h5-7H,4,8,17H2,1-3H3. The lowest BCUT2D eigenvalue weighted by Crippen LogP contribution is -2.10. The summed E-state index contributed by atoms with van der Waals surface area (Å²) in [6.45, 7) is 3.88. The topological polar surface area (TPSA) is 70.1 Å². The Bertz CT molecular complexity index is 680. The first kappa shape index (κ1) is 15.4. The van der Waals surface area contributed by atoms with Crippen molar-refractivity contribution >= 4 is 23.3 Å². The van der Waals surface area contributed by atoms with E-state index in [0.29, 0.717) is 22.0 Å². The zero-order valence-corrected chi connectivity index (χ0v) is 13.1. The summed E-state index contributed by atoms with van der Waals surface area (Å²) in [5, 5.41) is 4.84. The van der Waals surface area contributed by atoms with Crippen LogP contribution in [-0.4, -0.2) is 15.7 Å². The Balaban J connectivity index is 2.13. The largest absolute Gasteiger partial charge is 0.456 e. The number of carbonyl (C=O) groups excluding carboxylic acids is 1. The molecule has 0 amide bonds. The molecule has 21 heavy (non-hydrogen) atoms. The molecule has 0 saturated carbocycles. The highest BCUT2D eigenvalue weighted by Crippen LogP contribution is 2.22. The second-order valence-electron chi connectivity index (χ2n) is 4.84. The van der Waals surface area contributed by atoms with E-state index < -0.39 is 5.97 Å². The number of anilines is 1. The second-order valence-corrected chi connectivity index (χ2v) is 5.21. The molecular weight excluding hydrogens is 290 g/mol. The van der Waals surface area contributed by atoms with E-state index >= 15 is 0 Å². The number of rotatable bonds is 4. The van der Waals surface area contributed by atoms with Gasteiger partial charge in [0.1, 0.15) is 6.61 Å². The minimum Gasteiger partial charge on any atom is -0.456 e. The Labute approximate surface area is 128 Å². The van der Waals surface area contributed by atoms with Gasteiger partial charge in [0, 0.05) is 12.7 Å². The zero-order chi connectivity index (χ0) is 15.6. The molecule has 0 unspecified atom stereocenters. The molecule has 2 rings (SSSR count). The smallest absolute Gasteiger partial charge is 0.338 e. The van der Waals surface area contributed by atoms with Crippen LogP contribution < -0.4 is 5.73 Å². The minimum absolute atomic E-state index is 0.0883. The summed E-state index contributed by atoms with van der Waals surface area (Å²) >= 11 is 6.22. The average molecular weight is 308 g/mol. The first-order valence-corrected chi connectivity index (χ1v) is 7.05. The van der Waals surface area contributed by atoms with E-state index in [0.717, 1.165) is 17.7 Å². The van der Waals surface area contributed by atoms with Crippen LogP contribution in [0.25, 0.3) is 0 Å². The minimum atomic E-state index is -0.400. The van der Waals surface area contributed by atoms with E-state index in [1.807, 2.05) is 13.8 Å². The quantitative estimate of drug-likeness (QED) is 0.696. The molecule has 1 aromatic heterocycles. The summed E-state index contributed by atoms with van der Waals surface area (Å²) in [6, 6.07) is 5.08. The fourth-order valence-electron chi connectivity index (χ4n) is 2.10. The van der Waals surface area contributed by atoms with Crippen molar-refractivity contribution in [2.45, 2.75) is 26.9 Å². The number of aromatic nitrogens is 2. The number of halogens is 1. The Morgan fingerprint density at radius 2 is 2.19 bits per heavy atom. The summed E-state index contributed by atoms with van der Waals surface area (Å²) in [4.78, 5) is 12.1. The molecule has 0 atom stereocenters. The van der Waals surface area contributed by atoms with Gasteiger partial charge in [-0.2, -0.15) is 5.10 Å². The Kier molecular flexibility index (Phi) is 4.53. The predicted molar refractivity (Wildman–Crippen MR) is 82.3 cm³/mol. The second kappa shape index (κ2) is 6.18. The Morgan fingerprint density at radius 1 is 1.48 bits per heavy atom. The van der Waals surface area contributed by atoms with Gasteiger partial charge in [0.25, 0.3) is 0 Å². The van der Waals surface area contributed by atoms with Crippen LogP contribution >= 0.6 is 11.6 Å². The van der Waals surface area contributed by atoms with Crippen LogP contribution in [0.5, 0.6) is 0 Å². The van der Waals surface area contributed by atoms with Gasteiger partial charge in [0.15, 0.2) is 0 Å². The van der Waals surface area contributed by atoms with Gasteiger partial charge in [-0.3, -0.25) is 4.68 Å². The molecule has 6 heteroatoms. The number of carbonyl (C=O) groups is 1.